The normalized spacial score (nSPS) is 15.6. The summed E-state index contributed by atoms with van der Waals surface area (Å²) in [7, 11) is 3.19. The van der Waals surface area contributed by atoms with Crippen LogP contribution in [-0.4, -0.2) is 30.0 Å². The minimum atomic E-state index is -0.443. The Kier molecular flexibility index (Phi) is 4.42. The van der Waals surface area contributed by atoms with Gasteiger partial charge in [0.05, 0.1) is 44.0 Å². The van der Waals surface area contributed by atoms with Gasteiger partial charge in [0.15, 0.2) is 0 Å². The van der Waals surface area contributed by atoms with E-state index in [4.69, 9.17) is 13.9 Å². The first-order valence-corrected chi connectivity index (χ1v) is 8.48. The summed E-state index contributed by atoms with van der Waals surface area (Å²) in [6, 6.07) is 12.7. The van der Waals surface area contributed by atoms with Gasteiger partial charge in [-0.1, -0.05) is 0 Å². The molecule has 1 aromatic carbocycles. The molecule has 0 saturated heterocycles. The largest absolute Gasteiger partial charge is 0.497 e. The van der Waals surface area contributed by atoms with E-state index < -0.39 is 6.17 Å². The SMILES string of the molecule is COc1ccc(NC2c3ncccc3C(=O)N2Cc2ccco2)c(OC)c1. The number of anilines is 1. The zero-order chi connectivity index (χ0) is 18.8. The van der Waals surface area contributed by atoms with Gasteiger partial charge in [-0.2, -0.15) is 0 Å². The molecule has 138 valence electrons. The fourth-order valence-corrected chi connectivity index (χ4v) is 3.18. The Morgan fingerprint density at radius 1 is 1.19 bits per heavy atom. The monoisotopic (exact) mass is 365 g/mol. The molecule has 0 spiro atoms. The Bertz CT molecular complexity index is 956. The molecule has 3 aromatic rings. The Labute approximate surface area is 156 Å². The average Bonchev–Trinajstić information content (AvgIpc) is 3.31. The highest BCUT2D eigenvalue weighted by molar-refractivity contribution is 5.98. The average molecular weight is 365 g/mol. The summed E-state index contributed by atoms with van der Waals surface area (Å²) in [4.78, 5) is 19.1. The van der Waals surface area contributed by atoms with Gasteiger partial charge in [0.25, 0.3) is 5.91 Å². The number of rotatable bonds is 6. The molecule has 0 aliphatic carbocycles. The van der Waals surface area contributed by atoms with Gasteiger partial charge in [0.2, 0.25) is 0 Å². The maximum absolute atomic E-state index is 12.9. The molecule has 1 unspecified atom stereocenters. The number of nitrogens with zero attached hydrogens (tertiary/aromatic N) is 2. The predicted molar refractivity (Wildman–Crippen MR) is 98.7 cm³/mol. The third-order valence-electron chi connectivity index (χ3n) is 4.51. The van der Waals surface area contributed by atoms with E-state index in [2.05, 4.69) is 10.3 Å². The summed E-state index contributed by atoms with van der Waals surface area (Å²) in [6.07, 6.45) is 2.83. The van der Waals surface area contributed by atoms with Gasteiger partial charge in [-0.05, 0) is 36.4 Å². The second-order valence-electron chi connectivity index (χ2n) is 6.06. The van der Waals surface area contributed by atoms with Crippen molar-refractivity contribution in [3.05, 3.63) is 71.9 Å². The molecule has 1 aliphatic rings. The Balaban J connectivity index is 1.70. The minimum Gasteiger partial charge on any atom is -0.497 e. The number of carbonyl (C=O) groups is 1. The van der Waals surface area contributed by atoms with Crippen LogP contribution < -0.4 is 14.8 Å². The van der Waals surface area contributed by atoms with Crippen molar-refractivity contribution in [2.45, 2.75) is 12.7 Å². The Morgan fingerprint density at radius 3 is 2.81 bits per heavy atom. The quantitative estimate of drug-likeness (QED) is 0.721. The Hall–Kier alpha value is -3.48. The van der Waals surface area contributed by atoms with Crippen molar-refractivity contribution in [2.75, 3.05) is 19.5 Å². The number of pyridine rings is 1. The first-order valence-electron chi connectivity index (χ1n) is 8.48. The molecule has 1 N–H and O–H groups in total. The lowest BCUT2D eigenvalue weighted by molar-refractivity contribution is 0.0714. The second-order valence-corrected chi connectivity index (χ2v) is 6.06. The second kappa shape index (κ2) is 7.03. The fourth-order valence-electron chi connectivity index (χ4n) is 3.18. The maximum atomic E-state index is 12.9. The first-order chi connectivity index (χ1) is 13.2. The molecular formula is C20H19N3O4. The number of nitrogens with one attached hydrogen (secondary N) is 1. The summed E-state index contributed by atoms with van der Waals surface area (Å²) < 4.78 is 16.2. The number of hydrogen-bond acceptors (Lipinski definition) is 6. The number of furan rings is 1. The lowest BCUT2D eigenvalue weighted by Crippen LogP contribution is -2.32. The van der Waals surface area contributed by atoms with Crippen molar-refractivity contribution in [1.82, 2.24) is 9.88 Å². The molecule has 1 atom stereocenters. The summed E-state index contributed by atoms with van der Waals surface area (Å²) in [5, 5.41) is 3.38. The topological polar surface area (TPSA) is 76.8 Å². The van der Waals surface area contributed by atoms with E-state index in [1.165, 1.54) is 0 Å². The van der Waals surface area contributed by atoms with Crippen LogP contribution in [-0.2, 0) is 6.54 Å². The zero-order valence-corrected chi connectivity index (χ0v) is 15.0. The number of aromatic nitrogens is 1. The Morgan fingerprint density at radius 2 is 2.07 bits per heavy atom. The van der Waals surface area contributed by atoms with Crippen LogP contribution in [0.5, 0.6) is 11.5 Å². The first kappa shape index (κ1) is 17.0. The van der Waals surface area contributed by atoms with Crippen molar-refractivity contribution in [3.8, 4) is 11.5 Å². The van der Waals surface area contributed by atoms with Gasteiger partial charge in [0.1, 0.15) is 23.4 Å². The lowest BCUT2D eigenvalue weighted by atomic mass is 10.2. The smallest absolute Gasteiger partial charge is 0.258 e. The molecule has 1 amide bonds. The number of benzene rings is 1. The van der Waals surface area contributed by atoms with Gasteiger partial charge in [-0.25, -0.2) is 0 Å². The maximum Gasteiger partial charge on any atom is 0.258 e. The molecule has 7 heteroatoms. The van der Waals surface area contributed by atoms with E-state index >= 15 is 0 Å². The van der Waals surface area contributed by atoms with Crippen LogP contribution in [0.3, 0.4) is 0 Å². The summed E-state index contributed by atoms with van der Waals surface area (Å²) in [5.41, 5.74) is 1.99. The molecular weight excluding hydrogens is 346 g/mol. The zero-order valence-electron chi connectivity index (χ0n) is 15.0. The number of amides is 1. The molecule has 27 heavy (non-hydrogen) atoms. The highest BCUT2D eigenvalue weighted by Gasteiger charge is 2.38. The van der Waals surface area contributed by atoms with Crippen LogP contribution >= 0.6 is 0 Å². The van der Waals surface area contributed by atoms with E-state index in [-0.39, 0.29) is 5.91 Å². The van der Waals surface area contributed by atoms with E-state index in [0.717, 1.165) is 5.69 Å². The van der Waals surface area contributed by atoms with Gasteiger partial charge in [-0.15, -0.1) is 0 Å². The van der Waals surface area contributed by atoms with Crippen molar-refractivity contribution in [2.24, 2.45) is 0 Å². The highest BCUT2D eigenvalue weighted by Crippen LogP contribution is 2.37. The molecule has 0 radical (unpaired) electrons. The van der Waals surface area contributed by atoms with Crippen molar-refractivity contribution < 1.29 is 18.7 Å². The minimum absolute atomic E-state index is 0.0977. The van der Waals surface area contributed by atoms with Crippen LogP contribution in [0.1, 0.15) is 28.0 Å². The molecule has 4 rings (SSSR count). The third-order valence-corrected chi connectivity index (χ3v) is 4.51. The van der Waals surface area contributed by atoms with E-state index in [1.54, 1.807) is 55.8 Å². The number of hydrogen-bond donors (Lipinski definition) is 1. The number of carbonyl (C=O) groups excluding carboxylic acids is 1. The molecule has 0 saturated carbocycles. The number of ether oxygens (including phenoxy) is 2. The van der Waals surface area contributed by atoms with Gasteiger partial charge in [-0.3, -0.25) is 9.78 Å². The summed E-state index contributed by atoms with van der Waals surface area (Å²) in [6.45, 7) is 0.332. The molecule has 7 nitrogen and oxygen atoms in total. The summed E-state index contributed by atoms with van der Waals surface area (Å²) >= 11 is 0. The molecule has 3 heterocycles. The van der Waals surface area contributed by atoms with Gasteiger partial charge < -0.3 is 24.1 Å². The van der Waals surface area contributed by atoms with Crippen molar-refractivity contribution in [3.63, 3.8) is 0 Å². The van der Waals surface area contributed by atoms with Crippen LogP contribution in [0.25, 0.3) is 0 Å². The van der Waals surface area contributed by atoms with E-state index in [0.29, 0.717) is 35.1 Å². The highest BCUT2D eigenvalue weighted by atomic mass is 16.5. The molecule has 2 aromatic heterocycles. The fraction of sp³-hybridized carbons (Fsp3) is 0.200. The van der Waals surface area contributed by atoms with E-state index in [1.807, 2.05) is 18.2 Å². The van der Waals surface area contributed by atoms with Crippen molar-refractivity contribution in [1.29, 1.82) is 0 Å². The number of fused-ring (bicyclic) bond motifs is 1. The molecule has 1 aliphatic heterocycles. The van der Waals surface area contributed by atoms with Crippen molar-refractivity contribution >= 4 is 11.6 Å². The summed E-state index contributed by atoms with van der Waals surface area (Å²) in [5.74, 6) is 1.90. The standard InChI is InChI=1S/C20H19N3O4/c1-25-13-7-8-16(17(11-13)26-2)22-19-18-15(6-3-9-21-18)20(24)23(19)12-14-5-4-10-27-14/h3-11,19,22H,12H2,1-2H3. The molecule has 0 bridgehead atoms. The van der Waals surface area contributed by atoms with Crippen LogP contribution in [0.15, 0.2) is 59.3 Å². The number of methoxy groups -OCH3 is 2. The van der Waals surface area contributed by atoms with Gasteiger partial charge >= 0.3 is 0 Å². The third kappa shape index (κ3) is 3.08. The van der Waals surface area contributed by atoms with E-state index in [9.17, 15) is 4.79 Å². The van der Waals surface area contributed by atoms with Crippen LogP contribution in [0.4, 0.5) is 5.69 Å². The van der Waals surface area contributed by atoms with Crippen LogP contribution in [0, 0.1) is 0 Å². The lowest BCUT2D eigenvalue weighted by Gasteiger charge is -2.26. The van der Waals surface area contributed by atoms with Gasteiger partial charge in [0, 0.05) is 12.3 Å². The predicted octanol–water partition coefficient (Wildman–Crippen LogP) is 3.46. The van der Waals surface area contributed by atoms with Crippen LogP contribution in [0.2, 0.25) is 0 Å². The molecule has 0 fully saturated rings.